The first-order chi connectivity index (χ1) is 6.12. The highest BCUT2D eigenvalue weighted by Gasteiger charge is 2.17. The van der Waals surface area contributed by atoms with E-state index in [1.165, 1.54) is 0 Å². The molecule has 0 aromatic heterocycles. The molecule has 3 nitrogen and oxygen atoms in total. The van der Waals surface area contributed by atoms with Crippen LogP contribution in [-0.2, 0) is 9.09 Å². The summed E-state index contributed by atoms with van der Waals surface area (Å²) in [6.07, 6.45) is 5.02. The van der Waals surface area contributed by atoms with Crippen LogP contribution in [0.4, 0.5) is 0 Å². The molecule has 0 heterocycles. The molecule has 0 saturated heterocycles. The zero-order chi connectivity index (χ0) is 10.2. The average molecular weight is 208 g/mol. The summed E-state index contributed by atoms with van der Waals surface area (Å²) in [6.45, 7) is 4.51. The van der Waals surface area contributed by atoms with Gasteiger partial charge in [-0.05, 0) is 12.8 Å². The second-order valence-corrected chi connectivity index (χ2v) is 5.24. The molecule has 0 spiro atoms. The van der Waals surface area contributed by atoms with Gasteiger partial charge in [-0.3, -0.25) is 4.57 Å². The van der Waals surface area contributed by atoms with Crippen molar-refractivity contribution in [3.05, 3.63) is 0 Å². The molecule has 0 aliphatic rings. The summed E-state index contributed by atoms with van der Waals surface area (Å²) < 4.78 is 16.2. The van der Waals surface area contributed by atoms with Crippen LogP contribution in [0.1, 0.15) is 46.0 Å². The van der Waals surface area contributed by atoms with Gasteiger partial charge in [0.05, 0.1) is 6.61 Å². The largest absolute Gasteiger partial charge is 0.328 e. The molecule has 0 aliphatic heterocycles. The second-order valence-electron chi connectivity index (χ2n) is 3.25. The molecule has 0 saturated carbocycles. The summed E-state index contributed by atoms with van der Waals surface area (Å²) in [4.78, 5) is 9.30. The Kier molecular flexibility index (Phi) is 7.63. The molecule has 0 rings (SSSR count). The standard InChI is InChI=1S/C9H21O3P/c1-3-5-7-9-13(10,11)12-8-6-4-2/h3-9H2,1-2H3,(H,10,11). The van der Waals surface area contributed by atoms with Gasteiger partial charge in [-0.1, -0.05) is 33.1 Å². The predicted molar refractivity (Wildman–Crippen MR) is 55.1 cm³/mol. The van der Waals surface area contributed by atoms with Gasteiger partial charge < -0.3 is 9.42 Å². The topological polar surface area (TPSA) is 46.5 Å². The van der Waals surface area contributed by atoms with E-state index in [4.69, 9.17) is 4.52 Å². The third-order valence-corrected chi connectivity index (χ3v) is 3.30. The van der Waals surface area contributed by atoms with Gasteiger partial charge in [0.15, 0.2) is 0 Å². The Balaban J connectivity index is 3.49. The molecule has 1 unspecified atom stereocenters. The minimum atomic E-state index is -3.25. The van der Waals surface area contributed by atoms with Crippen LogP contribution in [0.5, 0.6) is 0 Å². The summed E-state index contributed by atoms with van der Waals surface area (Å²) in [5, 5.41) is 0. The summed E-state index contributed by atoms with van der Waals surface area (Å²) in [5.74, 6) is 0. The monoisotopic (exact) mass is 208 g/mol. The molecule has 0 bridgehead atoms. The van der Waals surface area contributed by atoms with E-state index in [1.54, 1.807) is 0 Å². The summed E-state index contributed by atoms with van der Waals surface area (Å²) in [6, 6.07) is 0. The van der Waals surface area contributed by atoms with E-state index in [0.29, 0.717) is 12.8 Å². The van der Waals surface area contributed by atoms with E-state index >= 15 is 0 Å². The van der Waals surface area contributed by atoms with E-state index in [2.05, 4.69) is 6.92 Å². The highest BCUT2D eigenvalue weighted by atomic mass is 31.2. The van der Waals surface area contributed by atoms with Crippen LogP contribution in [0.25, 0.3) is 0 Å². The predicted octanol–water partition coefficient (Wildman–Crippen LogP) is 3.18. The summed E-state index contributed by atoms with van der Waals surface area (Å²) >= 11 is 0. The van der Waals surface area contributed by atoms with Crippen LogP contribution in [0.15, 0.2) is 0 Å². The van der Waals surface area contributed by atoms with E-state index < -0.39 is 7.60 Å². The molecule has 1 N–H and O–H groups in total. The summed E-state index contributed by atoms with van der Waals surface area (Å²) in [5.41, 5.74) is 0. The van der Waals surface area contributed by atoms with Crippen molar-refractivity contribution in [3.8, 4) is 0 Å². The van der Waals surface area contributed by atoms with Gasteiger partial charge in [0.2, 0.25) is 0 Å². The van der Waals surface area contributed by atoms with Gasteiger partial charge in [-0.25, -0.2) is 0 Å². The van der Waals surface area contributed by atoms with Crippen molar-refractivity contribution in [2.45, 2.75) is 46.0 Å². The minimum Gasteiger partial charge on any atom is -0.324 e. The molecule has 4 heteroatoms. The molecule has 0 aromatic rings. The first-order valence-electron chi connectivity index (χ1n) is 5.08. The highest BCUT2D eigenvalue weighted by molar-refractivity contribution is 7.52. The maximum atomic E-state index is 11.3. The Bertz CT molecular complexity index is 145. The Labute approximate surface area is 81.0 Å². The lowest BCUT2D eigenvalue weighted by Crippen LogP contribution is -1.96. The normalized spacial score (nSPS) is 15.6. The molecular formula is C9H21O3P. The third-order valence-electron chi connectivity index (χ3n) is 1.84. The summed E-state index contributed by atoms with van der Waals surface area (Å²) in [7, 11) is -3.25. The van der Waals surface area contributed by atoms with Crippen LogP contribution in [0, 0.1) is 0 Å². The Morgan fingerprint density at radius 3 is 2.31 bits per heavy atom. The van der Waals surface area contributed by atoms with Crippen LogP contribution >= 0.6 is 7.60 Å². The van der Waals surface area contributed by atoms with Crippen molar-refractivity contribution in [1.82, 2.24) is 0 Å². The smallest absolute Gasteiger partial charge is 0.324 e. The zero-order valence-electron chi connectivity index (χ0n) is 8.66. The van der Waals surface area contributed by atoms with E-state index in [0.717, 1.165) is 32.1 Å². The lowest BCUT2D eigenvalue weighted by molar-refractivity contribution is 0.254. The van der Waals surface area contributed by atoms with Gasteiger partial charge in [0.1, 0.15) is 0 Å². The van der Waals surface area contributed by atoms with Crippen molar-refractivity contribution in [1.29, 1.82) is 0 Å². The number of hydrogen-bond donors (Lipinski definition) is 1. The van der Waals surface area contributed by atoms with Gasteiger partial charge in [-0.2, -0.15) is 0 Å². The fourth-order valence-electron chi connectivity index (χ4n) is 0.978. The van der Waals surface area contributed by atoms with Gasteiger partial charge in [0.25, 0.3) is 0 Å². The fraction of sp³-hybridized carbons (Fsp3) is 1.00. The second kappa shape index (κ2) is 7.54. The number of rotatable bonds is 8. The molecule has 80 valence electrons. The molecule has 0 amide bonds. The van der Waals surface area contributed by atoms with Crippen LogP contribution in [0.3, 0.4) is 0 Å². The first-order valence-corrected chi connectivity index (χ1v) is 6.85. The van der Waals surface area contributed by atoms with Crippen LogP contribution < -0.4 is 0 Å². The van der Waals surface area contributed by atoms with Gasteiger partial charge >= 0.3 is 7.60 Å². The van der Waals surface area contributed by atoms with E-state index in [9.17, 15) is 9.46 Å². The van der Waals surface area contributed by atoms with Crippen molar-refractivity contribution in [3.63, 3.8) is 0 Å². The molecule has 0 fully saturated rings. The lowest BCUT2D eigenvalue weighted by Gasteiger charge is -2.10. The molecule has 0 aliphatic carbocycles. The Hall–Kier alpha value is 0.150. The maximum absolute atomic E-state index is 11.3. The average Bonchev–Trinajstić information content (AvgIpc) is 2.05. The first kappa shape index (κ1) is 13.2. The van der Waals surface area contributed by atoms with E-state index in [-0.39, 0.29) is 0 Å². The molecular weight excluding hydrogens is 187 g/mol. The highest BCUT2D eigenvalue weighted by Crippen LogP contribution is 2.42. The zero-order valence-corrected chi connectivity index (χ0v) is 9.56. The number of hydrogen-bond acceptors (Lipinski definition) is 2. The van der Waals surface area contributed by atoms with Crippen LogP contribution in [0.2, 0.25) is 0 Å². The minimum absolute atomic E-state index is 0.310. The Morgan fingerprint density at radius 2 is 1.77 bits per heavy atom. The Morgan fingerprint density at radius 1 is 1.15 bits per heavy atom. The number of unbranched alkanes of at least 4 members (excludes halogenated alkanes) is 3. The third kappa shape index (κ3) is 8.48. The van der Waals surface area contributed by atoms with Crippen molar-refractivity contribution < 1.29 is 14.0 Å². The van der Waals surface area contributed by atoms with Crippen molar-refractivity contribution in [2.75, 3.05) is 12.8 Å². The fourth-order valence-corrected chi connectivity index (χ4v) is 2.14. The molecule has 0 aromatic carbocycles. The maximum Gasteiger partial charge on any atom is 0.328 e. The van der Waals surface area contributed by atoms with Gasteiger partial charge in [-0.15, -0.1) is 0 Å². The lowest BCUT2D eigenvalue weighted by atomic mass is 10.3. The quantitative estimate of drug-likeness (QED) is 0.492. The van der Waals surface area contributed by atoms with Gasteiger partial charge in [0, 0.05) is 6.16 Å². The molecule has 1 atom stereocenters. The van der Waals surface area contributed by atoms with Crippen molar-refractivity contribution in [2.24, 2.45) is 0 Å². The SMILES string of the molecule is CCCCCP(=O)(O)OCCCC. The van der Waals surface area contributed by atoms with E-state index in [1.807, 2.05) is 6.92 Å². The molecule has 0 radical (unpaired) electrons. The van der Waals surface area contributed by atoms with Crippen molar-refractivity contribution >= 4 is 7.60 Å². The molecule has 13 heavy (non-hydrogen) atoms. The van der Waals surface area contributed by atoms with Crippen LogP contribution in [-0.4, -0.2) is 17.7 Å².